The number of benzene rings is 3. The van der Waals surface area contributed by atoms with Crippen LogP contribution in [0.5, 0.6) is 0 Å². The molecule has 1 aliphatic rings. The number of anilines is 1. The van der Waals surface area contributed by atoms with Gasteiger partial charge in [0, 0.05) is 35.5 Å². The number of amides is 2. The maximum Gasteiger partial charge on any atom is 0.253 e. The number of carbonyl (C=O) groups is 2. The number of likely N-dealkylation sites (tertiary alicyclic amines) is 1. The molecule has 3 aromatic carbocycles. The highest BCUT2D eigenvalue weighted by atomic mass is 32.2. The highest BCUT2D eigenvalue weighted by Gasteiger charge is 2.25. The summed E-state index contributed by atoms with van der Waals surface area (Å²) in [5.74, 6) is 0.510. The van der Waals surface area contributed by atoms with Gasteiger partial charge in [0.05, 0.1) is 10.6 Å². The number of thioether (sulfide) groups is 1. The molecule has 0 radical (unpaired) electrons. The lowest BCUT2D eigenvalue weighted by atomic mass is 9.89. The van der Waals surface area contributed by atoms with Crippen LogP contribution in [0.15, 0.2) is 76.5 Å². The zero-order valence-corrected chi connectivity index (χ0v) is 23.0. The van der Waals surface area contributed by atoms with E-state index in [2.05, 4.69) is 31.3 Å². The number of hydrogen-bond acceptors (Lipinski definition) is 5. The summed E-state index contributed by atoms with van der Waals surface area (Å²) >= 11 is 1.56. The Labute approximate surface area is 223 Å². The van der Waals surface area contributed by atoms with Gasteiger partial charge in [0.1, 0.15) is 0 Å². The fourth-order valence-corrected chi connectivity index (χ4v) is 6.26. The van der Waals surface area contributed by atoms with Crippen molar-refractivity contribution in [1.82, 2.24) is 4.90 Å². The lowest BCUT2D eigenvalue weighted by Gasteiger charge is -2.32. The summed E-state index contributed by atoms with van der Waals surface area (Å²) in [6.45, 7) is 5.34. The second-order valence-corrected chi connectivity index (χ2v) is 12.5. The van der Waals surface area contributed by atoms with Gasteiger partial charge < -0.3 is 10.2 Å². The second-order valence-electron chi connectivity index (χ2n) is 9.55. The number of piperidine rings is 1. The Morgan fingerprint density at radius 3 is 2.19 bits per heavy atom. The molecule has 0 atom stereocenters. The van der Waals surface area contributed by atoms with Gasteiger partial charge in [-0.15, -0.1) is 11.8 Å². The molecule has 4 rings (SSSR count). The number of hydrogen-bond donors (Lipinski definition) is 1. The Morgan fingerprint density at radius 1 is 0.946 bits per heavy atom. The fraction of sp³-hybridized carbons (Fsp3) is 0.310. The first-order chi connectivity index (χ1) is 17.6. The van der Waals surface area contributed by atoms with Crippen LogP contribution in [0.1, 0.15) is 45.8 Å². The van der Waals surface area contributed by atoms with Crippen LogP contribution in [-0.2, 0) is 14.6 Å². The molecule has 1 aliphatic heterocycles. The SMILES string of the molecule is Cc1cccc(C)c1SCC(=O)Nc1ccc(C2CCN(C(=O)c3cccc(S(C)(=O)=O)c3)CC2)cc1. The van der Waals surface area contributed by atoms with Gasteiger partial charge in [-0.3, -0.25) is 9.59 Å². The smallest absolute Gasteiger partial charge is 0.253 e. The monoisotopic (exact) mass is 536 g/mol. The predicted octanol–water partition coefficient (Wildman–Crippen LogP) is 5.46. The zero-order valence-electron chi connectivity index (χ0n) is 21.4. The molecular weight excluding hydrogens is 504 g/mol. The number of sulfone groups is 1. The van der Waals surface area contributed by atoms with Crippen LogP contribution in [-0.4, -0.2) is 50.2 Å². The standard InChI is InChI=1S/C29H32N2O4S2/c1-20-6-4-7-21(2)28(20)36-19-27(32)30-25-12-10-22(11-13-25)23-14-16-31(17-15-23)29(33)24-8-5-9-26(18-24)37(3,34)35/h4-13,18,23H,14-17,19H2,1-3H3,(H,30,32). The van der Waals surface area contributed by atoms with E-state index in [4.69, 9.17) is 0 Å². The molecule has 0 unspecified atom stereocenters. The minimum absolute atomic E-state index is 0.0350. The number of nitrogens with one attached hydrogen (secondary N) is 1. The van der Waals surface area contributed by atoms with Crippen molar-refractivity contribution in [1.29, 1.82) is 0 Å². The average molecular weight is 537 g/mol. The number of carbonyl (C=O) groups excluding carboxylic acids is 2. The normalized spacial score (nSPS) is 14.4. The lowest BCUT2D eigenvalue weighted by molar-refractivity contribution is -0.113. The molecule has 8 heteroatoms. The largest absolute Gasteiger partial charge is 0.339 e. The minimum Gasteiger partial charge on any atom is -0.339 e. The fourth-order valence-electron chi connectivity index (χ4n) is 4.66. The van der Waals surface area contributed by atoms with E-state index in [0.29, 0.717) is 30.3 Å². The van der Waals surface area contributed by atoms with Gasteiger partial charge in [-0.1, -0.05) is 36.4 Å². The molecule has 194 valence electrons. The Morgan fingerprint density at radius 2 is 1.57 bits per heavy atom. The van der Waals surface area contributed by atoms with Gasteiger partial charge in [0.2, 0.25) is 5.91 Å². The average Bonchev–Trinajstić information content (AvgIpc) is 2.88. The molecule has 2 amide bonds. The molecule has 1 fully saturated rings. The Balaban J connectivity index is 1.29. The summed E-state index contributed by atoms with van der Waals surface area (Å²) in [7, 11) is -3.36. The number of nitrogens with zero attached hydrogens (tertiary/aromatic N) is 1. The highest BCUT2D eigenvalue weighted by molar-refractivity contribution is 8.00. The van der Waals surface area contributed by atoms with E-state index in [-0.39, 0.29) is 16.7 Å². The van der Waals surface area contributed by atoms with Crippen LogP contribution < -0.4 is 5.32 Å². The quantitative estimate of drug-likeness (QED) is 0.406. The molecule has 3 aromatic rings. The Hall–Kier alpha value is -3.10. The second kappa shape index (κ2) is 11.5. The van der Waals surface area contributed by atoms with E-state index >= 15 is 0 Å². The highest BCUT2D eigenvalue weighted by Crippen LogP contribution is 2.30. The van der Waals surface area contributed by atoms with Gasteiger partial charge in [0.15, 0.2) is 9.84 Å². The summed E-state index contributed by atoms with van der Waals surface area (Å²) in [4.78, 5) is 28.5. The molecule has 6 nitrogen and oxygen atoms in total. The maximum absolute atomic E-state index is 12.9. The van der Waals surface area contributed by atoms with Crippen LogP contribution in [0.25, 0.3) is 0 Å². The van der Waals surface area contributed by atoms with Crippen LogP contribution in [0, 0.1) is 13.8 Å². The van der Waals surface area contributed by atoms with Gasteiger partial charge >= 0.3 is 0 Å². The zero-order chi connectivity index (χ0) is 26.6. The minimum atomic E-state index is -3.36. The first-order valence-electron chi connectivity index (χ1n) is 12.3. The molecule has 1 saturated heterocycles. The molecular formula is C29H32N2O4S2. The third-order valence-electron chi connectivity index (χ3n) is 6.71. The number of rotatable bonds is 7. The summed E-state index contributed by atoms with van der Waals surface area (Å²) < 4.78 is 23.7. The van der Waals surface area contributed by atoms with E-state index in [1.807, 2.05) is 30.3 Å². The van der Waals surface area contributed by atoms with Crippen molar-refractivity contribution in [3.8, 4) is 0 Å². The summed E-state index contributed by atoms with van der Waals surface area (Å²) in [5.41, 5.74) is 4.72. The van der Waals surface area contributed by atoms with Gasteiger partial charge in [0.25, 0.3) is 5.91 Å². The van der Waals surface area contributed by atoms with E-state index in [9.17, 15) is 18.0 Å². The van der Waals surface area contributed by atoms with Gasteiger partial charge in [-0.2, -0.15) is 0 Å². The van der Waals surface area contributed by atoms with Crippen molar-refractivity contribution in [2.75, 3.05) is 30.4 Å². The number of aryl methyl sites for hydroxylation is 2. The van der Waals surface area contributed by atoms with E-state index in [0.717, 1.165) is 29.7 Å². The van der Waals surface area contributed by atoms with Crippen molar-refractivity contribution >= 4 is 39.1 Å². The van der Waals surface area contributed by atoms with Crippen molar-refractivity contribution in [2.24, 2.45) is 0 Å². The first-order valence-corrected chi connectivity index (χ1v) is 15.2. The Bertz CT molecular complexity index is 1370. The van der Waals surface area contributed by atoms with Crippen LogP contribution in [0.3, 0.4) is 0 Å². The topological polar surface area (TPSA) is 83.6 Å². The Kier molecular flexibility index (Phi) is 8.39. The van der Waals surface area contributed by atoms with Gasteiger partial charge in [-0.25, -0.2) is 8.42 Å². The first kappa shape index (κ1) is 26.9. The van der Waals surface area contributed by atoms with Crippen molar-refractivity contribution in [3.63, 3.8) is 0 Å². The third kappa shape index (κ3) is 6.81. The lowest BCUT2D eigenvalue weighted by Crippen LogP contribution is -2.38. The van der Waals surface area contributed by atoms with Crippen molar-refractivity contribution < 1.29 is 18.0 Å². The molecule has 37 heavy (non-hydrogen) atoms. The van der Waals surface area contributed by atoms with Crippen molar-refractivity contribution in [2.45, 2.75) is 42.4 Å². The molecule has 0 aromatic heterocycles. The van der Waals surface area contributed by atoms with Crippen molar-refractivity contribution in [3.05, 3.63) is 89.0 Å². The van der Waals surface area contributed by atoms with Crippen LogP contribution in [0.2, 0.25) is 0 Å². The van der Waals surface area contributed by atoms with Gasteiger partial charge in [-0.05, 0) is 79.6 Å². The van der Waals surface area contributed by atoms with E-state index in [1.54, 1.807) is 28.8 Å². The third-order valence-corrected chi connectivity index (χ3v) is 9.16. The maximum atomic E-state index is 12.9. The summed E-state index contributed by atoms with van der Waals surface area (Å²) in [6, 6.07) is 20.3. The van der Waals surface area contributed by atoms with Crippen LogP contribution in [0.4, 0.5) is 5.69 Å². The molecule has 1 heterocycles. The molecule has 1 N–H and O–H groups in total. The molecule has 0 spiro atoms. The van der Waals surface area contributed by atoms with E-state index < -0.39 is 9.84 Å². The molecule has 0 aliphatic carbocycles. The summed E-state index contributed by atoms with van der Waals surface area (Å²) in [6.07, 6.45) is 2.80. The molecule has 0 saturated carbocycles. The summed E-state index contributed by atoms with van der Waals surface area (Å²) in [5, 5.41) is 2.98. The van der Waals surface area contributed by atoms with Crippen LogP contribution >= 0.6 is 11.8 Å². The van der Waals surface area contributed by atoms with E-state index in [1.165, 1.54) is 28.8 Å². The molecule has 0 bridgehead atoms. The predicted molar refractivity (Wildman–Crippen MR) is 149 cm³/mol.